The van der Waals surface area contributed by atoms with E-state index >= 15 is 0 Å². The lowest BCUT2D eigenvalue weighted by Gasteiger charge is -2.26. The van der Waals surface area contributed by atoms with Crippen molar-refractivity contribution in [3.63, 3.8) is 0 Å². The number of hydrogen-bond acceptors (Lipinski definition) is 2. The molecule has 2 rings (SSSR count). The summed E-state index contributed by atoms with van der Waals surface area (Å²) in [5.41, 5.74) is 2.64. The maximum atomic E-state index is 11.3. The lowest BCUT2D eigenvalue weighted by Crippen LogP contribution is -2.37. The van der Waals surface area contributed by atoms with Crippen LogP contribution in [0.2, 0.25) is 0 Å². The zero-order chi connectivity index (χ0) is 12.3. The van der Waals surface area contributed by atoms with Crippen molar-refractivity contribution in [3.05, 3.63) is 35.4 Å². The zero-order valence-corrected chi connectivity index (χ0v) is 11.4. The highest BCUT2D eigenvalue weighted by Gasteiger charge is 2.19. The molecule has 0 amide bonds. The van der Waals surface area contributed by atoms with Gasteiger partial charge in [-0.2, -0.15) is 0 Å². The first-order chi connectivity index (χ1) is 8.15. The molecule has 0 aromatic heterocycles. The Balaban J connectivity index is 1.90. The summed E-state index contributed by atoms with van der Waals surface area (Å²) in [6.07, 6.45) is 2.09. The monoisotopic (exact) mass is 251 g/mol. The lowest BCUT2D eigenvalue weighted by atomic mass is 10.0. The molecule has 0 spiro atoms. The average Bonchev–Trinajstić information content (AvgIpc) is 2.33. The third-order valence-electron chi connectivity index (χ3n) is 3.45. The fourth-order valence-electron chi connectivity index (χ4n) is 2.27. The molecule has 94 valence electrons. The summed E-state index contributed by atoms with van der Waals surface area (Å²) in [6, 6.07) is 9.60. The van der Waals surface area contributed by atoms with Crippen molar-refractivity contribution in [1.82, 2.24) is 5.32 Å². The molecule has 0 unspecified atom stereocenters. The number of nitrogens with one attached hydrogen (secondary N) is 1. The topological polar surface area (TPSA) is 29.1 Å². The van der Waals surface area contributed by atoms with E-state index < -0.39 is 10.8 Å². The Morgan fingerprint density at radius 1 is 1.24 bits per heavy atom. The van der Waals surface area contributed by atoms with E-state index in [1.165, 1.54) is 11.1 Å². The summed E-state index contributed by atoms with van der Waals surface area (Å²) < 4.78 is 11.3. The first-order valence-electron chi connectivity index (χ1n) is 6.33. The molecule has 17 heavy (non-hydrogen) atoms. The van der Waals surface area contributed by atoms with E-state index in [9.17, 15) is 4.21 Å². The van der Waals surface area contributed by atoms with Crippen molar-refractivity contribution in [1.29, 1.82) is 0 Å². The molecular formula is C14H21NOS. The molecule has 1 aromatic rings. The van der Waals surface area contributed by atoms with Crippen LogP contribution in [-0.2, 0) is 10.8 Å². The SMILES string of the molecule is Cc1ccc([C@H](C)NC2CCS(=O)CC2)cc1. The summed E-state index contributed by atoms with van der Waals surface area (Å²) >= 11 is 0. The Bertz CT molecular complexity index is 378. The van der Waals surface area contributed by atoms with Crippen LogP contribution in [0.5, 0.6) is 0 Å². The lowest BCUT2D eigenvalue weighted by molar-refractivity contribution is 0.427. The molecule has 1 N–H and O–H groups in total. The molecule has 1 atom stereocenters. The van der Waals surface area contributed by atoms with Gasteiger partial charge in [0, 0.05) is 34.4 Å². The highest BCUT2D eigenvalue weighted by Crippen LogP contribution is 2.17. The van der Waals surface area contributed by atoms with Gasteiger partial charge >= 0.3 is 0 Å². The molecule has 0 radical (unpaired) electrons. The second kappa shape index (κ2) is 5.78. The van der Waals surface area contributed by atoms with Crippen LogP contribution in [0.3, 0.4) is 0 Å². The zero-order valence-electron chi connectivity index (χ0n) is 10.6. The van der Waals surface area contributed by atoms with Crippen molar-refractivity contribution in [3.8, 4) is 0 Å². The van der Waals surface area contributed by atoms with Crippen LogP contribution in [0.25, 0.3) is 0 Å². The molecule has 0 aliphatic carbocycles. The quantitative estimate of drug-likeness (QED) is 0.894. The van der Waals surface area contributed by atoms with E-state index in [4.69, 9.17) is 0 Å². The molecule has 0 bridgehead atoms. The van der Waals surface area contributed by atoms with Crippen molar-refractivity contribution in [2.24, 2.45) is 0 Å². The third kappa shape index (κ3) is 3.65. The van der Waals surface area contributed by atoms with Gasteiger partial charge in [0.15, 0.2) is 0 Å². The second-order valence-electron chi connectivity index (χ2n) is 4.92. The van der Waals surface area contributed by atoms with E-state index in [1.807, 2.05) is 0 Å². The number of benzene rings is 1. The van der Waals surface area contributed by atoms with Crippen molar-refractivity contribution < 1.29 is 4.21 Å². The second-order valence-corrected chi connectivity index (χ2v) is 6.62. The van der Waals surface area contributed by atoms with Gasteiger partial charge in [0.25, 0.3) is 0 Å². The van der Waals surface area contributed by atoms with Gasteiger partial charge in [-0.3, -0.25) is 4.21 Å². The summed E-state index contributed by atoms with van der Waals surface area (Å²) in [7, 11) is -0.563. The average molecular weight is 251 g/mol. The van der Waals surface area contributed by atoms with Crippen LogP contribution in [0, 0.1) is 6.92 Å². The molecule has 1 aliphatic rings. The van der Waals surface area contributed by atoms with Gasteiger partial charge in [0.1, 0.15) is 0 Å². The van der Waals surface area contributed by atoms with E-state index in [1.54, 1.807) is 0 Å². The number of aryl methyl sites for hydroxylation is 1. The van der Waals surface area contributed by atoms with E-state index in [0.29, 0.717) is 12.1 Å². The number of rotatable bonds is 3. The van der Waals surface area contributed by atoms with E-state index in [2.05, 4.69) is 43.4 Å². The molecular weight excluding hydrogens is 230 g/mol. The van der Waals surface area contributed by atoms with Crippen LogP contribution < -0.4 is 5.32 Å². The summed E-state index contributed by atoms with van der Waals surface area (Å²) in [5.74, 6) is 1.72. The summed E-state index contributed by atoms with van der Waals surface area (Å²) in [5, 5.41) is 3.64. The molecule has 1 saturated heterocycles. The first-order valence-corrected chi connectivity index (χ1v) is 7.81. The fourth-order valence-corrected chi connectivity index (χ4v) is 3.56. The molecule has 1 fully saturated rings. The molecule has 1 heterocycles. The minimum atomic E-state index is -0.563. The first kappa shape index (κ1) is 12.8. The highest BCUT2D eigenvalue weighted by molar-refractivity contribution is 7.85. The molecule has 0 saturated carbocycles. The Hall–Kier alpha value is -0.670. The molecule has 2 nitrogen and oxygen atoms in total. The predicted octanol–water partition coefficient (Wildman–Crippen LogP) is 2.56. The minimum absolute atomic E-state index is 0.382. The molecule has 1 aromatic carbocycles. The van der Waals surface area contributed by atoms with E-state index in [-0.39, 0.29) is 0 Å². The van der Waals surface area contributed by atoms with Gasteiger partial charge in [-0.15, -0.1) is 0 Å². The predicted molar refractivity (Wildman–Crippen MR) is 73.6 cm³/mol. The van der Waals surface area contributed by atoms with Crippen molar-refractivity contribution in [2.45, 2.75) is 38.8 Å². The van der Waals surface area contributed by atoms with Crippen LogP contribution in [0.1, 0.15) is 36.9 Å². The third-order valence-corrected chi connectivity index (χ3v) is 4.83. The van der Waals surface area contributed by atoms with E-state index in [0.717, 1.165) is 24.3 Å². The van der Waals surface area contributed by atoms with Gasteiger partial charge < -0.3 is 5.32 Å². The van der Waals surface area contributed by atoms with Crippen molar-refractivity contribution >= 4 is 10.8 Å². The van der Waals surface area contributed by atoms with Crippen LogP contribution >= 0.6 is 0 Å². The Kier molecular flexibility index (Phi) is 4.35. The minimum Gasteiger partial charge on any atom is -0.307 e. The largest absolute Gasteiger partial charge is 0.307 e. The van der Waals surface area contributed by atoms with Crippen molar-refractivity contribution in [2.75, 3.05) is 11.5 Å². The Labute approximate surface area is 106 Å². The summed E-state index contributed by atoms with van der Waals surface area (Å²) in [4.78, 5) is 0. The normalized spacial score (nSPS) is 26.7. The molecule has 1 aliphatic heterocycles. The Morgan fingerprint density at radius 3 is 2.41 bits per heavy atom. The van der Waals surface area contributed by atoms with Gasteiger partial charge in [0.2, 0.25) is 0 Å². The van der Waals surface area contributed by atoms with Crippen LogP contribution in [-0.4, -0.2) is 21.8 Å². The molecule has 3 heteroatoms. The summed E-state index contributed by atoms with van der Waals surface area (Å²) in [6.45, 7) is 4.31. The van der Waals surface area contributed by atoms with Crippen LogP contribution in [0.15, 0.2) is 24.3 Å². The fraction of sp³-hybridized carbons (Fsp3) is 0.571. The smallest absolute Gasteiger partial charge is 0.0294 e. The van der Waals surface area contributed by atoms with Gasteiger partial charge in [-0.05, 0) is 32.3 Å². The highest BCUT2D eigenvalue weighted by atomic mass is 32.2. The van der Waals surface area contributed by atoms with Gasteiger partial charge in [-0.1, -0.05) is 29.8 Å². The van der Waals surface area contributed by atoms with Gasteiger partial charge in [0.05, 0.1) is 0 Å². The number of hydrogen-bond donors (Lipinski definition) is 1. The Morgan fingerprint density at radius 2 is 1.82 bits per heavy atom. The maximum Gasteiger partial charge on any atom is 0.0294 e. The van der Waals surface area contributed by atoms with Gasteiger partial charge in [-0.25, -0.2) is 0 Å². The maximum absolute atomic E-state index is 11.3. The standard InChI is InChI=1S/C14H21NOS/c1-11-3-5-13(6-4-11)12(2)15-14-7-9-17(16)10-8-14/h3-6,12,14-15H,7-10H2,1-2H3/t12-,14?,17?/m0/s1. The van der Waals surface area contributed by atoms with Crippen LogP contribution in [0.4, 0.5) is 0 Å².